The fraction of sp³-hybridized carbons (Fsp3) is 0.273. The first-order chi connectivity index (χ1) is 8.19. The first kappa shape index (κ1) is 12.1. The number of fused-ring (bicyclic) bond motifs is 1. The zero-order chi connectivity index (χ0) is 12.3. The van der Waals surface area contributed by atoms with Crippen LogP contribution in [0.25, 0.3) is 10.2 Å². The predicted molar refractivity (Wildman–Crippen MR) is 69.8 cm³/mol. The Morgan fingerprint density at radius 1 is 1.59 bits per heavy atom. The van der Waals surface area contributed by atoms with Gasteiger partial charge >= 0.3 is 5.97 Å². The fourth-order valence-electron chi connectivity index (χ4n) is 1.35. The number of nitrogens with zero attached hydrogens (tertiary/aromatic N) is 1. The summed E-state index contributed by atoms with van der Waals surface area (Å²) in [5.41, 5.74) is 0.864. The third-order valence-electron chi connectivity index (χ3n) is 2.18. The van der Waals surface area contributed by atoms with Crippen LogP contribution in [0.5, 0.6) is 0 Å². The van der Waals surface area contributed by atoms with E-state index in [1.807, 2.05) is 18.2 Å². The molecule has 0 aliphatic heterocycles. The number of nitrogens with one attached hydrogen (secondary N) is 1. The molecular weight excluding hydrogens is 260 g/mol. The fourth-order valence-corrected chi connectivity index (χ4v) is 2.39. The quantitative estimate of drug-likeness (QED) is 0.868. The molecule has 17 heavy (non-hydrogen) atoms. The van der Waals surface area contributed by atoms with Crippen molar-refractivity contribution < 1.29 is 9.53 Å². The van der Waals surface area contributed by atoms with E-state index in [1.54, 1.807) is 0 Å². The van der Waals surface area contributed by atoms with E-state index in [4.69, 9.17) is 11.6 Å². The molecule has 0 aliphatic carbocycles. The van der Waals surface area contributed by atoms with Gasteiger partial charge in [0.05, 0.1) is 23.7 Å². The van der Waals surface area contributed by atoms with E-state index >= 15 is 0 Å². The average Bonchev–Trinajstić information content (AvgIpc) is 2.70. The number of aromatic nitrogens is 1. The van der Waals surface area contributed by atoms with Gasteiger partial charge < -0.3 is 10.1 Å². The smallest absolute Gasteiger partial charge is 0.307 e. The topological polar surface area (TPSA) is 51.2 Å². The third-order valence-corrected chi connectivity index (χ3v) is 3.41. The minimum atomic E-state index is -0.235. The molecule has 4 nitrogen and oxygen atoms in total. The van der Waals surface area contributed by atoms with E-state index in [-0.39, 0.29) is 5.97 Å². The van der Waals surface area contributed by atoms with Crippen LogP contribution in [0.4, 0.5) is 5.13 Å². The Hall–Kier alpha value is -1.33. The van der Waals surface area contributed by atoms with Crippen LogP contribution in [0, 0.1) is 0 Å². The summed E-state index contributed by atoms with van der Waals surface area (Å²) in [6.45, 7) is 0.514. The van der Waals surface area contributed by atoms with Gasteiger partial charge in [-0.2, -0.15) is 0 Å². The summed E-state index contributed by atoms with van der Waals surface area (Å²) >= 11 is 7.41. The molecular formula is C11H11ClN2O2S. The lowest BCUT2D eigenvalue weighted by Crippen LogP contribution is -2.09. The number of rotatable bonds is 4. The molecule has 0 unspecified atom stereocenters. The third kappa shape index (κ3) is 3.08. The van der Waals surface area contributed by atoms with Gasteiger partial charge in [-0.1, -0.05) is 22.9 Å². The largest absolute Gasteiger partial charge is 0.469 e. The van der Waals surface area contributed by atoms with Gasteiger partial charge in [0.2, 0.25) is 0 Å². The number of anilines is 1. The van der Waals surface area contributed by atoms with Crippen molar-refractivity contribution in [1.29, 1.82) is 0 Å². The number of carbonyl (C=O) groups excluding carboxylic acids is 1. The molecule has 6 heteroatoms. The Bertz CT molecular complexity index is 541. The molecule has 0 aliphatic rings. The number of hydrogen-bond acceptors (Lipinski definition) is 5. The summed E-state index contributed by atoms with van der Waals surface area (Å²) in [7, 11) is 1.38. The Labute approximate surface area is 108 Å². The maximum absolute atomic E-state index is 10.9. The standard InChI is InChI=1S/C11H11ClN2O2S/c1-16-10(15)4-5-13-11-14-8-6-7(12)2-3-9(8)17-11/h2-3,6H,4-5H2,1H3,(H,13,14). The highest BCUT2D eigenvalue weighted by Crippen LogP contribution is 2.27. The molecule has 2 rings (SSSR count). The number of methoxy groups -OCH3 is 1. The van der Waals surface area contributed by atoms with Crippen molar-refractivity contribution in [3.8, 4) is 0 Å². The molecule has 0 fully saturated rings. The minimum absolute atomic E-state index is 0.235. The van der Waals surface area contributed by atoms with E-state index in [1.165, 1.54) is 18.4 Å². The first-order valence-electron chi connectivity index (χ1n) is 5.06. The SMILES string of the molecule is COC(=O)CCNc1nc2cc(Cl)ccc2s1. The molecule has 0 saturated heterocycles. The lowest BCUT2D eigenvalue weighted by atomic mass is 10.3. The molecule has 0 saturated carbocycles. The molecule has 0 radical (unpaired) electrons. The summed E-state index contributed by atoms with van der Waals surface area (Å²) in [5, 5.41) is 4.54. The highest BCUT2D eigenvalue weighted by atomic mass is 35.5. The van der Waals surface area contributed by atoms with Crippen LogP contribution in [-0.2, 0) is 9.53 Å². The van der Waals surface area contributed by atoms with E-state index in [0.717, 1.165) is 15.3 Å². The minimum Gasteiger partial charge on any atom is -0.469 e. The van der Waals surface area contributed by atoms with Crippen LogP contribution in [0.15, 0.2) is 18.2 Å². The van der Waals surface area contributed by atoms with E-state index in [0.29, 0.717) is 18.0 Å². The first-order valence-corrected chi connectivity index (χ1v) is 6.25. The van der Waals surface area contributed by atoms with Gasteiger partial charge in [0.1, 0.15) is 0 Å². The van der Waals surface area contributed by atoms with Crippen molar-refractivity contribution in [3.05, 3.63) is 23.2 Å². The molecule has 0 atom stereocenters. The van der Waals surface area contributed by atoms with Crippen molar-refractivity contribution >= 4 is 44.3 Å². The highest BCUT2D eigenvalue weighted by molar-refractivity contribution is 7.22. The zero-order valence-corrected chi connectivity index (χ0v) is 10.8. The zero-order valence-electron chi connectivity index (χ0n) is 9.20. The second-order valence-electron chi connectivity index (χ2n) is 3.38. The van der Waals surface area contributed by atoms with Gasteiger partial charge in [0.25, 0.3) is 0 Å². The molecule has 90 valence electrons. The molecule has 0 amide bonds. The van der Waals surface area contributed by atoms with Crippen LogP contribution >= 0.6 is 22.9 Å². The maximum Gasteiger partial charge on any atom is 0.307 e. The number of benzene rings is 1. The van der Waals surface area contributed by atoms with Gasteiger partial charge in [0.15, 0.2) is 5.13 Å². The molecule has 1 heterocycles. The monoisotopic (exact) mass is 270 g/mol. The number of ether oxygens (including phenoxy) is 1. The lowest BCUT2D eigenvalue weighted by molar-refractivity contribution is -0.140. The molecule has 1 aromatic heterocycles. The second-order valence-corrected chi connectivity index (χ2v) is 4.85. The number of carbonyl (C=O) groups is 1. The molecule has 1 N–H and O–H groups in total. The van der Waals surface area contributed by atoms with Crippen molar-refractivity contribution in [2.24, 2.45) is 0 Å². The van der Waals surface area contributed by atoms with E-state index in [9.17, 15) is 4.79 Å². The van der Waals surface area contributed by atoms with Crippen LogP contribution in [0.2, 0.25) is 5.02 Å². The van der Waals surface area contributed by atoms with Crippen molar-refractivity contribution in [3.63, 3.8) is 0 Å². The normalized spacial score (nSPS) is 10.5. The molecule has 1 aromatic carbocycles. The Balaban J connectivity index is 2.02. The summed E-state index contributed by atoms with van der Waals surface area (Å²) in [6, 6.07) is 5.58. The Morgan fingerprint density at radius 3 is 3.18 bits per heavy atom. The van der Waals surface area contributed by atoms with Crippen molar-refractivity contribution in [1.82, 2.24) is 4.98 Å². The average molecular weight is 271 g/mol. The number of thiazole rings is 1. The van der Waals surface area contributed by atoms with E-state index in [2.05, 4.69) is 15.0 Å². The summed E-state index contributed by atoms with van der Waals surface area (Å²) in [4.78, 5) is 15.3. The second kappa shape index (κ2) is 5.33. The van der Waals surface area contributed by atoms with E-state index < -0.39 is 0 Å². The van der Waals surface area contributed by atoms with Crippen molar-refractivity contribution in [2.75, 3.05) is 19.0 Å². The summed E-state index contributed by atoms with van der Waals surface area (Å²) < 4.78 is 5.61. The number of esters is 1. The van der Waals surface area contributed by atoms with Gasteiger partial charge in [-0.25, -0.2) is 4.98 Å². The van der Waals surface area contributed by atoms with Crippen LogP contribution in [0.1, 0.15) is 6.42 Å². The highest BCUT2D eigenvalue weighted by Gasteiger charge is 2.05. The van der Waals surface area contributed by atoms with Gasteiger partial charge in [-0.15, -0.1) is 0 Å². The predicted octanol–water partition coefficient (Wildman–Crippen LogP) is 2.92. The van der Waals surface area contributed by atoms with Crippen LogP contribution in [0.3, 0.4) is 0 Å². The molecule has 0 bridgehead atoms. The molecule has 0 spiro atoms. The lowest BCUT2D eigenvalue weighted by Gasteiger charge is -2.00. The maximum atomic E-state index is 10.9. The van der Waals surface area contributed by atoms with Crippen LogP contribution < -0.4 is 5.32 Å². The van der Waals surface area contributed by atoms with Gasteiger partial charge in [0, 0.05) is 11.6 Å². The van der Waals surface area contributed by atoms with Gasteiger partial charge in [-0.3, -0.25) is 4.79 Å². The van der Waals surface area contributed by atoms with Crippen molar-refractivity contribution in [2.45, 2.75) is 6.42 Å². The summed E-state index contributed by atoms with van der Waals surface area (Å²) in [5.74, 6) is -0.235. The molecule has 2 aromatic rings. The Morgan fingerprint density at radius 2 is 2.41 bits per heavy atom. The summed E-state index contributed by atoms with van der Waals surface area (Å²) in [6.07, 6.45) is 0.327. The van der Waals surface area contributed by atoms with Gasteiger partial charge in [-0.05, 0) is 18.2 Å². The number of halogens is 1. The number of hydrogen-bond donors (Lipinski definition) is 1. The Kier molecular flexibility index (Phi) is 3.81. The van der Waals surface area contributed by atoms with Crippen LogP contribution in [-0.4, -0.2) is 24.6 Å².